The molecule has 0 aliphatic rings. The second kappa shape index (κ2) is 10.2. The summed E-state index contributed by atoms with van der Waals surface area (Å²) in [6, 6.07) is 12.1. The summed E-state index contributed by atoms with van der Waals surface area (Å²) in [6.45, 7) is 1.29. The number of nitrogens with zero attached hydrogens (tertiary/aromatic N) is 3. The van der Waals surface area contributed by atoms with Gasteiger partial charge in [-0.1, -0.05) is 35.3 Å². The SMILES string of the molecule is CN(C)CCNc1nc(Nc2cc(Cl)ccc2Cl)cc(-c2cccc(OC(F)(F)F)c2)n1. The van der Waals surface area contributed by atoms with Gasteiger partial charge in [-0.15, -0.1) is 13.2 Å². The molecule has 32 heavy (non-hydrogen) atoms. The highest BCUT2D eigenvalue weighted by Gasteiger charge is 2.31. The standard InChI is InChI=1S/C21H20Cl2F3N5O/c1-31(2)9-8-27-20-29-17(13-4-3-5-15(10-13)32-21(24,25)26)12-19(30-20)28-18-11-14(22)6-7-16(18)23/h3-7,10-12H,8-9H2,1-2H3,(H2,27,28,29,30). The number of halogens is 5. The van der Waals surface area contributed by atoms with Gasteiger partial charge in [0.1, 0.15) is 11.6 Å². The summed E-state index contributed by atoms with van der Waals surface area (Å²) >= 11 is 12.3. The first-order valence-electron chi connectivity index (χ1n) is 9.45. The Labute approximate surface area is 193 Å². The van der Waals surface area contributed by atoms with E-state index >= 15 is 0 Å². The zero-order valence-corrected chi connectivity index (χ0v) is 18.7. The fraction of sp³-hybridized carbons (Fsp3) is 0.238. The molecule has 6 nitrogen and oxygen atoms in total. The third-order valence-electron chi connectivity index (χ3n) is 4.12. The fourth-order valence-electron chi connectivity index (χ4n) is 2.71. The number of ether oxygens (including phenoxy) is 1. The molecule has 11 heteroatoms. The maximum atomic E-state index is 12.6. The first kappa shape index (κ1) is 23.9. The van der Waals surface area contributed by atoms with Crippen molar-refractivity contribution in [3.8, 4) is 17.0 Å². The van der Waals surface area contributed by atoms with E-state index < -0.39 is 6.36 Å². The van der Waals surface area contributed by atoms with Crippen LogP contribution in [0.4, 0.5) is 30.6 Å². The lowest BCUT2D eigenvalue weighted by molar-refractivity contribution is -0.274. The molecular weight excluding hydrogens is 466 g/mol. The van der Waals surface area contributed by atoms with Crippen molar-refractivity contribution in [1.82, 2.24) is 14.9 Å². The Morgan fingerprint density at radius 3 is 2.53 bits per heavy atom. The van der Waals surface area contributed by atoms with Gasteiger partial charge in [0.25, 0.3) is 0 Å². The molecule has 0 unspecified atom stereocenters. The Morgan fingerprint density at radius 1 is 1.03 bits per heavy atom. The average Bonchev–Trinajstić information content (AvgIpc) is 2.69. The van der Waals surface area contributed by atoms with Crippen LogP contribution >= 0.6 is 23.2 Å². The first-order chi connectivity index (χ1) is 15.1. The van der Waals surface area contributed by atoms with Crippen molar-refractivity contribution in [3.05, 3.63) is 58.6 Å². The van der Waals surface area contributed by atoms with Crippen LogP contribution in [0.1, 0.15) is 0 Å². The highest BCUT2D eigenvalue weighted by atomic mass is 35.5. The first-order valence-corrected chi connectivity index (χ1v) is 10.2. The van der Waals surface area contributed by atoms with Gasteiger partial charge in [-0.2, -0.15) is 4.98 Å². The maximum absolute atomic E-state index is 12.6. The summed E-state index contributed by atoms with van der Waals surface area (Å²) in [5, 5.41) is 7.11. The van der Waals surface area contributed by atoms with Gasteiger partial charge in [0.05, 0.1) is 16.4 Å². The van der Waals surface area contributed by atoms with E-state index in [0.29, 0.717) is 45.3 Å². The largest absolute Gasteiger partial charge is 0.573 e. The molecular formula is C21H20Cl2F3N5O. The minimum Gasteiger partial charge on any atom is -0.406 e. The molecule has 3 rings (SSSR count). The third kappa shape index (κ3) is 7.15. The molecule has 3 aromatic rings. The van der Waals surface area contributed by atoms with Crippen LogP contribution in [0.2, 0.25) is 10.0 Å². The van der Waals surface area contributed by atoms with Crippen LogP contribution in [0.3, 0.4) is 0 Å². The second-order valence-electron chi connectivity index (χ2n) is 7.02. The van der Waals surface area contributed by atoms with Crippen LogP contribution in [0.15, 0.2) is 48.5 Å². The fourth-order valence-corrected chi connectivity index (χ4v) is 3.05. The van der Waals surface area contributed by atoms with E-state index in [1.165, 1.54) is 18.2 Å². The topological polar surface area (TPSA) is 62.3 Å². The quantitative estimate of drug-likeness (QED) is 0.403. The van der Waals surface area contributed by atoms with E-state index in [1.807, 2.05) is 19.0 Å². The molecule has 0 saturated heterocycles. The Balaban J connectivity index is 1.96. The van der Waals surface area contributed by atoms with Gasteiger partial charge in [-0.3, -0.25) is 0 Å². The van der Waals surface area contributed by atoms with Gasteiger partial charge in [-0.05, 0) is 44.4 Å². The predicted octanol–water partition coefficient (Wildman–Crippen LogP) is 6.07. The molecule has 170 valence electrons. The van der Waals surface area contributed by atoms with Crippen LogP contribution in [0.5, 0.6) is 5.75 Å². The summed E-state index contributed by atoms with van der Waals surface area (Å²) in [6.07, 6.45) is -4.79. The van der Waals surface area contributed by atoms with Crippen LogP contribution in [-0.2, 0) is 0 Å². The van der Waals surface area contributed by atoms with E-state index in [2.05, 4.69) is 25.3 Å². The molecule has 0 bridgehead atoms. The average molecular weight is 486 g/mol. The van der Waals surface area contributed by atoms with Crippen LogP contribution in [0.25, 0.3) is 11.3 Å². The molecule has 0 atom stereocenters. The van der Waals surface area contributed by atoms with Crippen molar-refractivity contribution in [2.75, 3.05) is 37.8 Å². The monoisotopic (exact) mass is 485 g/mol. The molecule has 1 aromatic heterocycles. The second-order valence-corrected chi connectivity index (χ2v) is 7.86. The number of aromatic nitrogens is 2. The van der Waals surface area contributed by atoms with Gasteiger partial charge in [0.2, 0.25) is 5.95 Å². The van der Waals surface area contributed by atoms with Gasteiger partial charge < -0.3 is 20.3 Å². The van der Waals surface area contributed by atoms with E-state index in [9.17, 15) is 13.2 Å². The van der Waals surface area contributed by atoms with Crippen LogP contribution in [0, 0.1) is 0 Å². The highest BCUT2D eigenvalue weighted by Crippen LogP contribution is 2.31. The predicted molar refractivity (Wildman–Crippen MR) is 121 cm³/mol. The lowest BCUT2D eigenvalue weighted by Crippen LogP contribution is -2.21. The van der Waals surface area contributed by atoms with Crippen molar-refractivity contribution in [3.63, 3.8) is 0 Å². The van der Waals surface area contributed by atoms with Gasteiger partial charge >= 0.3 is 6.36 Å². The maximum Gasteiger partial charge on any atom is 0.573 e. The number of alkyl halides is 3. The number of rotatable bonds is 8. The van der Waals surface area contributed by atoms with Gasteiger partial charge in [0, 0.05) is 29.7 Å². The Hall–Kier alpha value is -2.75. The van der Waals surface area contributed by atoms with Crippen LogP contribution in [-0.4, -0.2) is 48.4 Å². The number of hydrogen-bond donors (Lipinski definition) is 2. The van der Waals surface area contributed by atoms with Gasteiger partial charge in [-0.25, -0.2) is 4.98 Å². The number of hydrogen-bond acceptors (Lipinski definition) is 6. The van der Waals surface area contributed by atoms with Crippen molar-refractivity contribution in [2.45, 2.75) is 6.36 Å². The van der Waals surface area contributed by atoms with E-state index in [0.717, 1.165) is 6.54 Å². The molecule has 0 aliphatic heterocycles. The molecule has 0 amide bonds. The summed E-state index contributed by atoms with van der Waals surface area (Å²) in [4.78, 5) is 10.9. The number of anilines is 3. The minimum atomic E-state index is -4.79. The minimum absolute atomic E-state index is 0.298. The van der Waals surface area contributed by atoms with Crippen LogP contribution < -0.4 is 15.4 Å². The van der Waals surface area contributed by atoms with Crippen molar-refractivity contribution >= 4 is 40.7 Å². The Morgan fingerprint density at radius 2 is 1.81 bits per heavy atom. The molecule has 0 aliphatic carbocycles. The summed E-state index contributed by atoms with van der Waals surface area (Å²) in [5.74, 6) is 0.337. The van der Waals surface area contributed by atoms with Crippen molar-refractivity contribution in [2.24, 2.45) is 0 Å². The van der Waals surface area contributed by atoms with E-state index in [-0.39, 0.29) is 5.75 Å². The van der Waals surface area contributed by atoms with Crippen molar-refractivity contribution in [1.29, 1.82) is 0 Å². The zero-order chi connectivity index (χ0) is 23.3. The molecule has 1 heterocycles. The molecule has 0 fully saturated rings. The molecule has 2 N–H and O–H groups in total. The lowest BCUT2D eigenvalue weighted by atomic mass is 10.1. The third-order valence-corrected chi connectivity index (χ3v) is 4.69. The Bertz CT molecular complexity index is 1080. The molecule has 0 spiro atoms. The summed E-state index contributed by atoms with van der Waals surface area (Å²) < 4.78 is 41.9. The lowest BCUT2D eigenvalue weighted by Gasteiger charge is -2.14. The zero-order valence-electron chi connectivity index (χ0n) is 17.2. The van der Waals surface area contributed by atoms with E-state index in [4.69, 9.17) is 23.2 Å². The summed E-state index contributed by atoms with van der Waals surface area (Å²) in [7, 11) is 3.86. The number of likely N-dealkylation sites (N-methyl/N-ethyl adjacent to an activating group) is 1. The Kier molecular flexibility index (Phi) is 7.65. The molecule has 0 saturated carbocycles. The summed E-state index contributed by atoms with van der Waals surface area (Å²) in [5.41, 5.74) is 1.34. The van der Waals surface area contributed by atoms with Gasteiger partial charge in [0.15, 0.2) is 0 Å². The molecule has 2 aromatic carbocycles. The number of nitrogens with one attached hydrogen (secondary N) is 2. The van der Waals surface area contributed by atoms with Crippen molar-refractivity contribution < 1.29 is 17.9 Å². The smallest absolute Gasteiger partial charge is 0.406 e. The number of benzene rings is 2. The normalized spacial score (nSPS) is 11.5. The molecule has 0 radical (unpaired) electrons. The highest BCUT2D eigenvalue weighted by molar-refractivity contribution is 6.35. The van der Waals surface area contributed by atoms with E-state index in [1.54, 1.807) is 30.3 Å².